The SMILES string of the molecule is Cc1ccc(N2CC(C(=O)NC(CCO)C(C)C)CCC2=O)cc1C. The molecule has 2 atom stereocenters. The molecule has 5 heteroatoms. The molecule has 2 N–H and O–H groups in total. The molecule has 0 saturated carbocycles. The molecule has 0 aliphatic carbocycles. The maximum absolute atomic E-state index is 12.7. The Hall–Kier alpha value is -1.88. The van der Waals surface area contributed by atoms with Crippen LogP contribution in [0.25, 0.3) is 0 Å². The van der Waals surface area contributed by atoms with Crippen LogP contribution in [-0.4, -0.2) is 36.1 Å². The molecule has 25 heavy (non-hydrogen) atoms. The van der Waals surface area contributed by atoms with Gasteiger partial charge in [-0.3, -0.25) is 9.59 Å². The number of hydrogen-bond donors (Lipinski definition) is 2. The van der Waals surface area contributed by atoms with Crippen LogP contribution in [0.3, 0.4) is 0 Å². The first-order chi connectivity index (χ1) is 11.8. The number of carbonyl (C=O) groups excluding carboxylic acids is 2. The molecule has 1 fully saturated rings. The summed E-state index contributed by atoms with van der Waals surface area (Å²) in [6.07, 6.45) is 1.52. The minimum Gasteiger partial charge on any atom is -0.396 e. The van der Waals surface area contributed by atoms with E-state index >= 15 is 0 Å². The van der Waals surface area contributed by atoms with Gasteiger partial charge in [0.05, 0.1) is 5.92 Å². The summed E-state index contributed by atoms with van der Waals surface area (Å²) in [4.78, 5) is 26.7. The predicted octanol–water partition coefficient (Wildman–Crippen LogP) is 2.57. The van der Waals surface area contributed by atoms with Crippen molar-refractivity contribution in [2.75, 3.05) is 18.1 Å². The van der Waals surface area contributed by atoms with Crippen LogP contribution in [-0.2, 0) is 9.59 Å². The lowest BCUT2D eigenvalue weighted by molar-refractivity contribution is -0.128. The Morgan fingerprint density at radius 3 is 2.64 bits per heavy atom. The molecule has 5 nitrogen and oxygen atoms in total. The van der Waals surface area contributed by atoms with E-state index in [9.17, 15) is 14.7 Å². The van der Waals surface area contributed by atoms with Crippen molar-refractivity contribution >= 4 is 17.5 Å². The van der Waals surface area contributed by atoms with E-state index in [1.165, 1.54) is 5.56 Å². The lowest BCUT2D eigenvalue weighted by atomic mass is 9.94. The van der Waals surface area contributed by atoms with E-state index in [1.54, 1.807) is 4.90 Å². The van der Waals surface area contributed by atoms with Crippen molar-refractivity contribution in [1.82, 2.24) is 5.32 Å². The third kappa shape index (κ3) is 4.82. The third-order valence-corrected chi connectivity index (χ3v) is 5.16. The van der Waals surface area contributed by atoms with Gasteiger partial charge in [0, 0.05) is 31.3 Å². The van der Waals surface area contributed by atoms with E-state index in [1.807, 2.05) is 45.9 Å². The van der Waals surface area contributed by atoms with Crippen LogP contribution in [0, 0.1) is 25.7 Å². The summed E-state index contributed by atoms with van der Waals surface area (Å²) in [6, 6.07) is 5.93. The first-order valence-electron chi connectivity index (χ1n) is 9.12. The molecular weight excluding hydrogens is 316 g/mol. The molecule has 2 unspecified atom stereocenters. The number of aliphatic hydroxyl groups is 1. The summed E-state index contributed by atoms with van der Waals surface area (Å²) >= 11 is 0. The number of nitrogens with one attached hydrogen (secondary N) is 1. The van der Waals surface area contributed by atoms with Gasteiger partial charge in [0.2, 0.25) is 11.8 Å². The number of benzene rings is 1. The fraction of sp³-hybridized carbons (Fsp3) is 0.600. The predicted molar refractivity (Wildman–Crippen MR) is 99.5 cm³/mol. The van der Waals surface area contributed by atoms with Crippen LogP contribution in [0.15, 0.2) is 18.2 Å². The number of rotatable bonds is 6. The molecule has 2 rings (SSSR count). The number of piperidine rings is 1. The van der Waals surface area contributed by atoms with Crippen LogP contribution < -0.4 is 10.2 Å². The molecule has 2 amide bonds. The zero-order valence-electron chi connectivity index (χ0n) is 15.7. The first-order valence-corrected chi connectivity index (χ1v) is 9.12. The van der Waals surface area contributed by atoms with Crippen molar-refractivity contribution in [2.45, 2.75) is 53.0 Å². The zero-order valence-corrected chi connectivity index (χ0v) is 15.7. The number of nitrogens with zero attached hydrogens (tertiary/aromatic N) is 1. The van der Waals surface area contributed by atoms with Crippen LogP contribution in [0.5, 0.6) is 0 Å². The van der Waals surface area contributed by atoms with E-state index in [0.29, 0.717) is 25.8 Å². The molecule has 0 bridgehead atoms. The van der Waals surface area contributed by atoms with Crippen LogP contribution in [0.1, 0.15) is 44.2 Å². The molecular formula is C20H30N2O3. The lowest BCUT2D eigenvalue weighted by Gasteiger charge is -2.33. The van der Waals surface area contributed by atoms with Gasteiger partial charge in [-0.1, -0.05) is 19.9 Å². The largest absolute Gasteiger partial charge is 0.396 e. The highest BCUT2D eigenvalue weighted by Gasteiger charge is 2.32. The van der Waals surface area contributed by atoms with Gasteiger partial charge in [0.1, 0.15) is 0 Å². The molecule has 1 heterocycles. The second-order valence-corrected chi connectivity index (χ2v) is 7.38. The highest BCUT2D eigenvalue weighted by Crippen LogP contribution is 2.26. The first kappa shape index (κ1) is 19.4. The van der Waals surface area contributed by atoms with E-state index in [4.69, 9.17) is 0 Å². The normalized spacial score (nSPS) is 19.2. The van der Waals surface area contributed by atoms with Gasteiger partial charge in [0.25, 0.3) is 0 Å². The molecule has 1 aliphatic rings. The molecule has 1 aromatic rings. The maximum atomic E-state index is 12.7. The average Bonchev–Trinajstić information content (AvgIpc) is 2.57. The van der Waals surface area contributed by atoms with Gasteiger partial charge >= 0.3 is 0 Å². The van der Waals surface area contributed by atoms with Crippen LogP contribution >= 0.6 is 0 Å². The van der Waals surface area contributed by atoms with Gasteiger partial charge < -0.3 is 15.3 Å². The number of anilines is 1. The van der Waals surface area contributed by atoms with Crippen molar-refractivity contribution in [1.29, 1.82) is 0 Å². The van der Waals surface area contributed by atoms with Crippen LogP contribution in [0.4, 0.5) is 5.69 Å². The van der Waals surface area contributed by atoms with Crippen LogP contribution in [0.2, 0.25) is 0 Å². The standard InChI is InChI=1S/C20H30N2O3/c1-13(2)18(9-10-23)21-20(25)16-6-8-19(24)22(12-16)17-7-5-14(3)15(4)11-17/h5,7,11,13,16,18,23H,6,8-10,12H2,1-4H3,(H,21,25). The van der Waals surface area contributed by atoms with E-state index in [0.717, 1.165) is 11.3 Å². The monoisotopic (exact) mass is 346 g/mol. The molecule has 1 aliphatic heterocycles. The maximum Gasteiger partial charge on any atom is 0.227 e. The average molecular weight is 346 g/mol. The third-order valence-electron chi connectivity index (χ3n) is 5.16. The fourth-order valence-electron chi connectivity index (χ4n) is 3.21. The highest BCUT2D eigenvalue weighted by atomic mass is 16.3. The van der Waals surface area contributed by atoms with E-state index < -0.39 is 0 Å². The Morgan fingerprint density at radius 1 is 1.32 bits per heavy atom. The second-order valence-electron chi connectivity index (χ2n) is 7.38. The quantitative estimate of drug-likeness (QED) is 0.832. The molecule has 1 aromatic carbocycles. The molecule has 0 aromatic heterocycles. The molecule has 1 saturated heterocycles. The minimum atomic E-state index is -0.209. The van der Waals surface area contributed by atoms with Crippen molar-refractivity contribution in [3.8, 4) is 0 Å². The summed E-state index contributed by atoms with van der Waals surface area (Å²) in [5.41, 5.74) is 3.19. The Morgan fingerprint density at radius 2 is 2.04 bits per heavy atom. The highest BCUT2D eigenvalue weighted by molar-refractivity contribution is 5.96. The smallest absolute Gasteiger partial charge is 0.227 e. The summed E-state index contributed by atoms with van der Waals surface area (Å²) in [5, 5.41) is 12.2. The van der Waals surface area contributed by atoms with Crippen molar-refractivity contribution < 1.29 is 14.7 Å². The minimum absolute atomic E-state index is 0.0199. The number of aryl methyl sites for hydroxylation is 2. The number of carbonyl (C=O) groups is 2. The van der Waals surface area contributed by atoms with Crippen molar-refractivity contribution in [2.24, 2.45) is 11.8 Å². The van der Waals surface area contributed by atoms with Gasteiger partial charge in [0.15, 0.2) is 0 Å². The summed E-state index contributed by atoms with van der Waals surface area (Å²) in [5.74, 6) is 0.105. The lowest BCUT2D eigenvalue weighted by Crippen LogP contribution is -2.49. The van der Waals surface area contributed by atoms with Gasteiger partial charge in [-0.05, 0) is 55.9 Å². The van der Waals surface area contributed by atoms with Crippen molar-refractivity contribution in [3.63, 3.8) is 0 Å². The number of aliphatic hydroxyl groups excluding tert-OH is 1. The second kappa shape index (κ2) is 8.48. The Labute approximate surface area is 150 Å². The molecule has 0 radical (unpaired) electrons. The Bertz CT molecular complexity index is 627. The summed E-state index contributed by atoms with van der Waals surface area (Å²) in [6.45, 7) is 8.61. The van der Waals surface area contributed by atoms with E-state index in [2.05, 4.69) is 5.32 Å². The van der Waals surface area contributed by atoms with E-state index in [-0.39, 0.29) is 36.3 Å². The Balaban J connectivity index is 2.09. The molecule has 138 valence electrons. The van der Waals surface area contributed by atoms with Gasteiger partial charge in [-0.2, -0.15) is 0 Å². The Kier molecular flexibility index (Phi) is 6.59. The van der Waals surface area contributed by atoms with Gasteiger partial charge in [-0.25, -0.2) is 0 Å². The van der Waals surface area contributed by atoms with Crippen molar-refractivity contribution in [3.05, 3.63) is 29.3 Å². The summed E-state index contributed by atoms with van der Waals surface area (Å²) < 4.78 is 0. The summed E-state index contributed by atoms with van der Waals surface area (Å²) in [7, 11) is 0. The number of amides is 2. The van der Waals surface area contributed by atoms with Gasteiger partial charge in [-0.15, -0.1) is 0 Å². The molecule has 0 spiro atoms. The number of hydrogen-bond acceptors (Lipinski definition) is 3. The topological polar surface area (TPSA) is 69.6 Å². The fourth-order valence-corrected chi connectivity index (χ4v) is 3.21. The zero-order chi connectivity index (χ0) is 18.6.